The molecule has 1 rings (SSSR count). The van der Waals surface area contributed by atoms with Gasteiger partial charge in [-0.1, -0.05) is 5.11 Å². The van der Waals surface area contributed by atoms with Crippen molar-refractivity contribution in [3.05, 3.63) is 40.3 Å². The number of anilines is 1. The molecule has 0 aliphatic rings. The monoisotopic (exact) mass is 361 g/mol. The summed E-state index contributed by atoms with van der Waals surface area (Å²) in [5.41, 5.74) is 14.8. The highest BCUT2D eigenvalue weighted by molar-refractivity contribution is 5.96. The maximum atomic E-state index is 11.8. The van der Waals surface area contributed by atoms with E-state index in [0.717, 1.165) is 0 Å². The van der Waals surface area contributed by atoms with E-state index in [9.17, 15) is 14.4 Å². The molecular weight excluding hydrogens is 342 g/mol. The second-order valence-electron chi connectivity index (χ2n) is 5.26. The van der Waals surface area contributed by atoms with Gasteiger partial charge in [0.1, 0.15) is 12.0 Å². The van der Waals surface area contributed by atoms with Crippen LogP contribution in [-0.4, -0.2) is 34.9 Å². The first-order chi connectivity index (χ1) is 12.3. The molecule has 1 atom stereocenters. The Morgan fingerprint density at radius 2 is 1.81 bits per heavy atom. The van der Waals surface area contributed by atoms with Crippen LogP contribution in [0.15, 0.2) is 29.4 Å². The zero-order valence-electron chi connectivity index (χ0n) is 13.8. The van der Waals surface area contributed by atoms with Gasteiger partial charge in [0, 0.05) is 35.4 Å². The number of hydrogen-bond donors (Lipinski definition) is 5. The molecule has 0 heterocycles. The summed E-state index contributed by atoms with van der Waals surface area (Å²) in [7, 11) is 0. The van der Waals surface area contributed by atoms with E-state index < -0.39 is 23.9 Å². The van der Waals surface area contributed by atoms with Crippen molar-refractivity contribution in [2.24, 2.45) is 10.8 Å². The molecule has 0 aliphatic heterocycles. The molecule has 138 valence electrons. The minimum Gasteiger partial charge on any atom is -0.481 e. The molecule has 2 amide bonds. The highest BCUT2D eigenvalue weighted by Crippen LogP contribution is 2.10. The summed E-state index contributed by atoms with van der Waals surface area (Å²) in [6.45, 7) is 0. The summed E-state index contributed by atoms with van der Waals surface area (Å²) in [5, 5.41) is 24.2. The summed E-state index contributed by atoms with van der Waals surface area (Å²) in [4.78, 5) is 36.7. The van der Waals surface area contributed by atoms with Crippen molar-refractivity contribution in [3.63, 3.8) is 0 Å². The Hall–Kier alpha value is -3.59. The van der Waals surface area contributed by atoms with Crippen LogP contribution in [0.5, 0.6) is 0 Å². The molecule has 1 aromatic carbocycles. The van der Waals surface area contributed by atoms with Crippen LogP contribution >= 0.6 is 0 Å². The molecule has 6 N–H and O–H groups in total. The van der Waals surface area contributed by atoms with Crippen LogP contribution in [0.1, 0.15) is 31.2 Å². The third-order valence-electron chi connectivity index (χ3n) is 3.21. The Kier molecular flexibility index (Phi) is 8.11. The maximum Gasteiger partial charge on any atom is 0.303 e. The number of amides is 2. The molecule has 0 bridgehead atoms. The van der Waals surface area contributed by atoms with Gasteiger partial charge in [-0.3, -0.25) is 19.8 Å². The molecule has 0 aliphatic carbocycles. The van der Waals surface area contributed by atoms with E-state index in [2.05, 4.69) is 20.7 Å². The zero-order valence-corrected chi connectivity index (χ0v) is 13.8. The van der Waals surface area contributed by atoms with Gasteiger partial charge < -0.3 is 21.5 Å². The van der Waals surface area contributed by atoms with E-state index in [4.69, 9.17) is 21.8 Å². The Bertz CT molecular complexity index is 726. The second kappa shape index (κ2) is 10.3. The zero-order chi connectivity index (χ0) is 19.5. The minimum atomic E-state index is -1.08. The van der Waals surface area contributed by atoms with E-state index in [-0.39, 0.29) is 31.5 Å². The van der Waals surface area contributed by atoms with Crippen molar-refractivity contribution < 1.29 is 19.5 Å². The first-order valence-corrected chi connectivity index (χ1v) is 7.61. The summed E-state index contributed by atoms with van der Waals surface area (Å²) in [6.07, 6.45) is -1.55. The van der Waals surface area contributed by atoms with Gasteiger partial charge in [-0.25, -0.2) is 0 Å². The molecule has 26 heavy (non-hydrogen) atoms. The lowest BCUT2D eigenvalue weighted by Crippen LogP contribution is -2.34. The first-order valence-electron chi connectivity index (χ1n) is 7.61. The number of carbonyl (C=O) groups is 3. The number of carboxylic acids is 1. The highest BCUT2D eigenvalue weighted by atomic mass is 16.4. The summed E-state index contributed by atoms with van der Waals surface area (Å²) in [6, 6.07) is 6.33. The molecule has 11 heteroatoms. The Balaban J connectivity index is 2.44. The first kappa shape index (κ1) is 20.5. The number of nitrogens with zero attached hydrogens (tertiary/aromatic N) is 3. The van der Waals surface area contributed by atoms with Crippen LogP contribution in [0.3, 0.4) is 0 Å². The minimum absolute atomic E-state index is 0.0418. The molecule has 0 aromatic heterocycles. The van der Waals surface area contributed by atoms with Gasteiger partial charge >= 0.3 is 5.97 Å². The summed E-state index contributed by atoms with van der Waals surface area (Å²) < 4.78 is 0. The molecule has 0 spiro atoms. The predicted octanol–water partition coefficient (Wildman–Crippen LogP) is 1.31. The second-order valence-corrected chi connectivity index (χ2v) is 5.26. The molecule has 0 fully saturated rings. The fraction of sp³-hybridized carbons (Fsp3) is 0.333. The fourth-order valence-electron chi connectivity index (χ4n) is 1.92. The van der Waals surface area contributed by atoms with E-state index in [1.165, 1.54) is 0 Å². The van der Waals surface area contributed by atoms with Crippen molar-refractivity contribution in [1.82, 2.24) is 5.32 Å². The molecule has 0 saturated carbocycles. The summed E-state index contributed by atoms with van der Waals surface area (Å²) in [5.74, 6) is -2.10. The highest BCUT2D eigenvalue weighted by Gasteiger charge is 2.14. The predicted molar refractivity (Wildman–Crippen MR) is 93.3 cm³/mol. The number of azide groups is 1. The van der Waals surface area contributed by atoms with Crippen molar-refractivity contribution in [2.75, 3.05) is 5.32 Å². The normalized spacial score (nSPS) is 10.9. The molecule has 0 radical (unpaired) electrons. The van der Waals surface area contributed by atoms with Gasteiger partial charge in [0.25, 0.3) is 0 Å². The van der Waals surface area contributed by atoms with Gasteiger partial charge in [0.2, 0.25) is 11.8 Å². The van der Waals surface area contributed by atoms with Crippen LogP contribution < -0.4 is 16.4 Å². The Morgan fingerprint density at radius 3 is 2.35 bits per heavy atom. The van der Waals surface area contributed by atoms with Crippen LogP contribution in [0.4, 0.5) is 5.69 Å². The largest absolute Gasteiger partial charge is 0.481 e. The number of nitrogens with two attached hydrogens (primary N) is 1. The van der Waals surface area contributed by atoms with Crippen molar-refractivity contribution >= 4 is 29.3 Å². The van der Waals surface area contributed by atoms with Crippen molar-refractivity contribution in [2.45, 2.75) is 31.8 Å². The van der Waals surface area contributed by atoms with Crippen LogP contribution in [0.25, 0.3) is 10.4 Å². The molecule has 1 aromatic rings. The third-order valence-corrected chi connectivity index (χ3v) is 3.21. The topological polar surface area (TPSA) is 194 Å². The van der Waals surface area contributed by atoms with E-state index in [1.54, 1.807) is 24.3 Å². The van der Waals surface area contributed by atoms with Crippen molar-refractivity contribution in [1.29, 1.82) is 5.41 Å². The fourth-order valence-corrected chi connectivity index (χ4v) is 1.92. The van der Waals surface area contributed by atoms with Gasteiger partial charge in [0.05, 0.1) is 0 Å². The molecular formula is C15H19N7O4. The van der Waals surface area contributed by atoms with E-state index >= 15 is 0 Å². The number of nitrogen functional groups attached to an aromatic ring is 1. The van der Waals surface area contributed by atoms with Gasteiger partial charge in [-0.05, 0) is 36.2 Å². The Morgan fingerprint density at radius 1 is 1.19 bits per heavy atom. The molecule has 1 unspecified atom stereocenters. The number of benzene rings is 1. The average Bonchev–Trinajstić information content (AvgIpc) is 2.58. The number of amidine groups is 1. The molecule has 0 saturated heterocycles. The number of aliphatic carboxylic acids is 1. The smallest absolute Gasteiger partial charge is 0.303 e. The number of hydrogen-bond acceptors (Lipinski definition) is 5. The number of rotatable bonds is 10. The van der Waals surface area contributed by atoms with E-state index in [1.807, 2.05) is 0 Å². The lowest BCUT2D eigenvalue weighted by Gasteiger charge is -2.12. The summed E-state index contributed by atoms with van der Waals surface area (Å²) >= 11 is 0. The maximum absolute atomic E-state index is 11.8. The van der Waals surface area contributed by atoms with Crippen LogP contribution in [-0.2, 0) is 14.4 Å². The van der Waals surface area contributed by atoms with Crippen molar-refractivity contribution in [3.8, 4) is 0 Å². The lowest BCUT2D eigenvalue weighted by molar-refractivity contribution is -0.137. The number of nitrogens with one attached hydrogen (secondary N) is 3. The lowest BCUT2D eigenvalue weighted by atomic mass is 10.2. The van der Waals surface area contributed by atoms with Gasteiger partial charge in [0.15, 0.2) is 0 Å². The number of carbonyl (C=O) groups excluding carboxylic acids is 2. The van der Waals surface area contributed by atoms with E-state index in [0.29, 0.717) is 11.3 Å². The average molecular weight is 361 g/mol. The number of carboxylic acid groups (broad SMARTS) is 1. The van der Waals surface area contributed by atoms with Gasteiger partial charge in [-0.15, -0.1) is 0 Å². The van der Waals surface area contributed by atoms with Gasteiger partial charge in [-0.2, -0.15) is 0 Å². The van der Waals surface area contributed by atoms with Crippen LogP contribution in [0.2, 0.25) is 0 Å². The quantitative estimate of drug-likeness (QED) is 0.137. The van der Waals surface area contributed by atoms with Crippen LogP contribution in [0, 0.1) is 5.41 Å². The molecule has 11 nitrogen and oxygen atoms in total. The SMILES string of the molecule is [N-]=[N+]=NC(CCC(=O)O)NC(=O)CCC(=O)Nc1ccc(C(=N)N)cc1. The Labute approximate surface area is 148 Å². The third kappa shape index (κ3) is 7.79. The standard InChI is InChI=1S/C15H19N7O4/c16-15(17)9-1-3-10(4-2-9)19-12(23)6-7-13(24)20-11(21-22-18)5-8-14(25)26/h1-4,11H,5-8H2,(H3,16,17)(H,19,23)(H,20,24)(H,25,26).